The van der Waals surface area contributed by atoms with Gasteiger partial charge in [-0.1, -0.05) is 54.1 Å². The van der Waals surface area contributed by atoms with E-state index in [9.17, 15) is 9.18 Å². The molecule has 3 aromatic carbocycles. The molecule has 1 aliphatic rings. The molecule has 0 bridgehead atoms. The lowest BCUT2D eigenvalue weighted by molar-refractivity contribution is 0.194. The van der Waals surface area contributed by atoms with Crippen LogP contribution in [0.25, 0.3) is 17.3 Å². The van der Waals surface area contributed by atoms with Crippen molar-refractivity contribution in [1.82, 2.24) is 20.4 Å². The van der Waals surface area contributed by atoms with E-state index < -0.39 is 6.09 Å². The Kier molecular flexibility index (Phi) is 6.84. The highest BCUT2D eigenvalue weighted by molar-refractivity contribution is 6.30. The molecule has 0 unspecified atom stereocenters. The summed E-state index contributed by atoms with van der Waals surface area (Å²) in [7, 11) is 0. The smallest absolute Gasteiger partial charge is 0.389 e. The first-order chi connectivity index (χ1) is 17.5. The molecular formula is C28H24ClFN4O2. The second-order valence-corrected chi connectivity index (χ2v) is 8.95. The number of hydrogen-bond donors (Lipinski definition) is 2. The lowest BCUT2D eigenvalue weighted by Gasteiger charge is -2.19. The molecule has 1 amide bonds. The minimum absolute atomic E-state index is 0.218. The van der Waals surface area contributed by atoms with Crippen molar-refractivity contribution in [2.75, 3.05) is 6.54 Å². The molecule has 2 N–H and O–H groups in total. The number of fused-ring (bicyclic) bond motifs is 1. The largest absolute Gasteiger partial charge is 0.414 e. The Morgan fingerprint density at radius 1 is 1.08 bits per heavy atom. The zero-order valence-electron chi connectivity index (χ0n) is 19.5. The van der Waals surface area contributed by atoms with E-state index in [-0.39, 0.29) is 17.7 Å². The number of carbonyl (C=O) groups is 1. The molecule has 36 heavy (non-hydrogen) atoms. The highest BCUT2D eigenvalue weighted by atomic mass is 35.5. The van der Waals surface area contributed by atoms with E-state index in [2.05, 4.69) is 15.7 Å². The van der Waals surface area contributed by atoms with Crippen molar-refractivity contribution < 1.29 is 13.9 Å². The van der Waals surface area contributed by atoms with E-state index >= 15 is 0 Å². The van der Waals surface area contributed by atoms with Crippen LogP contribution in [0.1, 0.15) is 35.3 Å². The van der Waals surface area contributed by atoms with Crippen LogP contribution in [-0.4, -0.2) is 22.4 Å². The van der Waals surface area contributed by atoms with Crippen LogP contribution in [-0.2, 0) is 6.54 Å². The van der Waals surface area contributed by atoms with Gasteiger partial charge in [-0.05, 0) is 66.1 Å². The summed E-state index contributed by atoms with van der Waals surface area (Å²) in [6.07, 6.45) is 1.38. The average molecular weight is 503 g/mol. The molecule has 1 atom stereocenters. The fourth-order valence-electron chi connectivity index (χ4n) is 4.18. The topological polar surface area (TPSA) is 68.2 Å². The lowest BCUT2D eigenvalue weighted by Crippen LogP contribution is -2.30. The first-order valence-electron chi connectivity index (χ1n) is 11.6. The predicted octanol–water partition coefficient (Wildman–Crippen LogP) is 6.16. The predicted molar refractivity (Wildman–Crippen MR) is 139 cm³/mol. The van der Waals surface area contributed by atoms with E-state index in [1.807, 2.05) is 55.5 Å². The summed E-state index contributed by atoms with van der Waals surface area (Å²) in [5.74, 6) is -0.0767. The summed E-state index contributed by atoms with van der Waals surface area (Å²) in [5.41, 5.74) is 5.09. The fraction of sp³-hybridized carbons (Fsp3) is 0.143. The third kappa shape index (κ3) is 5.17. The molecule has 0 radical (unpaired) electrons. The van der Waals surface area contributed by atoms with Crippen LogP contribution in [0.4, 0.5) is 9.18 Å². The van der Waals surface area contributed by atoms with Gasteiger partial charge in [0.15, 0.2) is 0 Å². The van der Waals surface area contributed by atoms with Crippen LogP contribution >= 0.6 is 11.6 Å². The number of benzene rings is 3. The number of hydrogen-bond acceptors (Lipinski definition) is 4. The Hall–Kier alpha value is -3.94. The van der Waals surface area contributed by atoms with Gasteiger partial charge in [0.1, 0.15) is 5.82 Å². The molecule has 0 saturated carbocycles. The molecule has 0 spiro atoms. The molecule has 8 heteroatoms. The maximum absolute atomic E-state index is 13.4. The van der Waals surface area contributed by atoms with Gasteiger partial charge in [-0.3, -0.25) is 0 Å². The molecule has 4 aromatic rings. The minimum Gasteiger partial charge on any atom is -0.389 e. The monoisotopic (exact) mass is 502 g/mol. The van der Waals surface area contributed by atoms with Gasteiger partial charge in [0.25, 0.3) is 0 Å². The number of ether oxygens (including phenoxy) is 1. The number of halogens is 2. The van der Waals surface area contributed by atoms with Gasteiger partial charge in [-0.2, -0.15) is 0 Å². The van der Waals surface area contributed by atoms with Crippen LogP contribution in [0.5, 0.6) is 5.88 Å². The quantitative estimate of drug-likeness (QED) is 0.343. The van der Waals surface area contributed by atoms with Gasteiger partial charge < -0.3 is 15.4 Å². The molecule has 0 saturated heterocycles. The third-order valence-electron chi connectivity index (χ3n) is 5.97. The maximum Gasteiger partial charge on any atom is 0.414 e. The van der Waals surface area contributed by atoms with Gasteiger partial charge in [-0.15, -0.1) is 5.10 Å². The van der Waals surface area contributed by atoms with Crippen molar-refractivity contribution in [3.8, 4) is 11.6 Å². The van der Waals surface area contributed by atoms with Crippen LogP contribution < -0.4 is 15.4 Å². The van der Waals surface area contributed by atoms with E-state index in [4.69, 9.17) is 16.3 Å². The fourth-order valence-corrected chi connectivity index (χ4v) is 4.30. The van der Waals surface area contributed by atoms with E-state index in [1.54, 1.807) is 28.9 Å². The molecule has 0 aliphatic carbocycles. The van der Waals surface area contributed by atoms with Crippen molar-refractivity contribution in [3.63, 3.8) is 0 Å². The maximum atomic E-state index is 13.4. The third-order valence-corrected chi connectivity index (χ3v) is 6.23. The lowest BCUT2D eigenvalue weighted by atomic mass is 10.0. The SMILES string of the molecule is C[C@@H](NC(=O)Oc1nn(-c2ccc(Cl)cc2)c2c1CNC/C2=C\c1ccc(F)cc1)c1ccccc1. The van der Waals surface area contributed by atoms with Gasteiger partial charge in [0, 0.05) is 18.1 Å². The van der Waals surface area contributed by atoms with E-state index in [1.165, 1.54) is 12.1 Å². The first kappa shape index (κ1) is 23.8. The van der Waals surface area contributed by atoms with Crippen molar-refractivity contribution >= 4 is 29.3 Å². The average Bonchev–Trinajstić information content (AvgIpc) is 3.25. The Balaban J connectivity index is 1.51. The molecular weight excluding hydrogens is 479 g/mol. The first-order valence-corrected chi connectivity index (χ1v) is 11.9. The Morgan fingerprint density at radius 3 is 2.53 bits per heavy atom. The zero-order chi connectivity index (χ0) is 25.1. The Morgan fingerprint density at radius 2 is 1.81 bits per heavy atom. The Labute approximate surface area is 213 Å². The van der Waals surface area contributed by atoms with Crippen molar-refractivity contribution in [1.29, 1.82) is 0 Å². The summed E-state index contributed by atoms with van der Waals surface area (Å²) < 4.78 is 20.9. The summed E-state index contributed by atoms with van der Waals surface area (Å²) in [6, 6.07) is 23.0. The van der Waals surface area contributed by atoms with Gasteiger partial charge in [0.05, 0.1) is 23.0 Å². The zero-order valence-corrected chi connectivity index (χ0v) is 20.3. The molecule has 1 aliphatic heterocycles. The molecule has 6 nitrogen and oxygen atoms in total. The van der Waals surface area contributed by atoms with Crippen LogP contribution in [0.3, 0.4) is 0 Å². The van der Waals surface area contributed by atoms with Crippen LogP contribution in [0, 0.1) is 5.82 Å². The number of rotatable bonds is 5. The molecule has 5 rings (SSSR count). The summed E-state index contributed by atoms with van der Waals surface area (Å²) in [5, 5.41) is 11.5. The van der Waals surface area contributed by atoms with Crippen molar-refractivity contribution in [2.45, 2.75) is 19.5 Å². The molecule has 182 valence electrons. The van der Waals surface area contributed by atoms with E-state index in [0.29, 0.717) is 18.1 Å². The molecule has 2 heterocycles. The Bertz CT molecular complexity index is 1400. The van der Waals surface area contributed by atoms with E-state index in [0.717, 1.165) is 33.6 Å². The highest BCUT2D eigenvalue weighted by Gasteiger charge is 2.28. The number of carbonyl (C=O) groups excluding carboxylic acids is 1. The molecule has 0 fully saturated rings. The van der Waals surface area contributed by atoms with Crippen LogP contribution in [0.15, 0.2) is 78.9 Å². The van der Waals surface area contributed by atoms with Crippen LogP contribution in [0.2, 0.25) is 5.02 Å². The number of aromatic nitrogens is 2. The number of nitrogens with zero attached hydrogens (tertiary/aromatic N) is 2. The van der Waals surface area contributed by atoms with Gasteiger partial charge in [-0.25, -0.2) is 13.9 Å². The van der Waals surface area contributed by atoms with Gasteiger partial charge >= 0.3 is 6.09 Å². The summed E-state index contributed by atoms with van der Waals surface area (Å²) >= 11 is 6.10. The summed E-state index contributed by atoms with van der Waals surface area (Å²) in [4.78, 5) is 12.8. The second kappa shape index (κ2) is 10.4. The standard InChI is InChI=1S/C28H24ClFN4O2/c1-18(20-5-3-2-4-6-20)32-28(35)36-27-25-17-31-16-21(15-19-7-11-23(30)12-8-19)26(25)34(33-27)24-13-9-22(29)10-14-24/h2-15,18,31H,16-17H2,1H3,(H,32,35)/b21-15+/t18-/m1/s1. The minimum atomic E-state index is -0.593. The highest BCUT2D eigenvalue weighted by Crippen LogP contribution is 2.34. The van der Waals surface area contributed by atoms with Crippen molar-refractivity contribution in [2.24, 2.45) is 0 Å². The summed E-state index contributed by atoms with van der Waals surface area (Å²) in [6.45, 7) is 2.93. The number of nitrogens with one attached hydrogen (secondary N) is 2. The van der Waals surface area contributed by atoms with Crippen molar-refractivity contribution in [3.05, 3.63) is 112 Å². The normalized spacial score (nSPS) is 14.8. The second-order valence-electron chi connectivity index (χ2n) is 8.51. The van der Waals surface area contributed by atoms with Gasteiger partial charge in [0.2, 0.25) is 5.88 Å². The molecule has 1 aromatic heterocycles. The number of amides is 1.